The van der Waals surface area contributed by atoms with E-state index in [-0.39, 0.29) is 48.1 Å². The van der Waals surface area contributed by atoms with E-state index in [1.165, 1.54) is 17.1 Å². The second-order valence-electron chi connectivity index (χ2n) is 16.1. The maximum Gasteiger partial charge on any atom is 0.419 e. The van der Waals surface area contributed by atoms with E-state index in [0.717, 1.165) is 37.6 Å². The molecule has 9 rings (SSSR count). The van der Waals surface area contributed by atoms with Crippen LogP contribution in [-0.4, -0.2) is 109 Å². The highest BCUT2D eigenvalue weighted by Gasteiger charge is 2.51. The van der Waals surface area contributed by atoms with Crippen LogP contribution in [0.4, 0.5) is 19.8 Å². The first-order valence-corrected chi connectivity index (χ1v) is 19.2. The zero-order valence-electron chi connectivity index (χ0n) is 31.0. The maximum atomic E-state index is 17.1. The van der Waals surface area contributed by atoms with Crippen molar-refractivity contribution < 1.29 is 28.2 Å². The molecule has 4 aliphatic rings. The van der Waals surface area contributed by atoms with Crippen molar-refractivity contribution in [2.75, 3.05) is 37.7 Å². The Bertz CT molecular complexity index is 2280. The van der Waals surface area contributed by atoms with Crippen LogP contribution in [0, 0.1) is 5.82 Å². The summed E-state index contributed by atoms with van der Waals surface area (Å²) in [6.45, 7) is 8.20. The Morgan fingerprint density at radius 3 is 2.56 bits per heavy atom. The average Bonchev–Trinajstić information content (AvgIpc) is 3.94. The van der Waals surface area contributed by atoms with E-state index < -0.39 is 23.1 Å². The van der Waals surface area contributed by atoms with Crippen molar-refractivity contribution >= 4 is 51.3 Å². The molecule has 0 radical (unpaired) electrons. The van der Waals surface area contributed by atoms with Crippen molar-refractivity contribution in [2.24, 2.45) is 0 Å². The van der Waals surface area contributed by atoms with Crippen molar-refractivity contribution in [3.05, 3.63) is 72.2 Å². The molecule has 15 heteroatoms. The summed E-state index contributed by atoms with van der Waals surface area (Å²) in [6, 6.07) is 11.0. The van der Waals surface area contributed by atoms with Gasteiger partial charge in [0.15, 0.2) is 5.82 Å². The number of ether oxygens (including phenoxy) is 3. The summed E-state index contributed by atoms with van der Waals surface area (Å²) in [5.41, 5.74) is -0.270. The van der Waals surface area contributed by atoms with Crippen molar-refractivity contribution in [1.82, 2.24) is 34.3 Å². The predicted octanol–water partition coefficient (Wildman–Crippen LogP) is 7.09. The van der Waals surface area contributed by atoms with Crippen LogP contribution in [0.5, 0.6) is 6.01 Å². The van der Waals surface area contributed by atoms with E-state index in [0.29, 0.717) is 53.2 Å². The molecule has 0 spiro atoms. The van der Waals surface area contributed by atoms with E-state index in [1.807, 2.05) is 56.0 Å². The number of piperazine rings is 1. The summed E-state index contributed by atoms with van der Waals surface area (Å²) in [7, 11) is 0. The zero-order chi connectivity index (χ0) is 38.1. The number of aromatic nitrogens is 5. The summed E-state index contributed by atoms with van der Waals surface area (Å²) < 4.78 is 36.5. The molecule has 3 aromatic heterocycles. The Kier molecular flexibility index (Phi) is 8.80. The molecule has 4 fully saturated rings. The van der Waals surface area contributed by atoms with Gasteiger partial charge in [-0.1, -0.05) is 41.9 Å². The van der Waals surface area contributed by atoms with Gasteiger partial charge >= 0.3 is 18.2 Å². The van der Waals surface area contributed by atoms with Gasteiger partial charge in [-0.2, -0.15) is 9.97 Å². The van der Waals surface area contributed by atoms with Gasteiger partial charge in [0.2, 0.25) is 0 Å². The Morgan fingerprint density at radius 1 is 1.04 bits per heavy atom. The first-order valence-electron chi connectivity index (χ1n) is 18.8. The number of halogens is 2. The molecule has 13 nitrogen and oxygen atoms in total. The van der Waals surface area contributed by atoms with E-state index in [4.69, 9.17) is 35.8 Å². The van der Waals surface area contributed by atoms with Crippen LogP contribution >= 0.6 is 11.6 Å². The third-order valence-electron chi connectivity index (χ3n) is 11.4. The standard InChI is InChI=1S/C40H42ClFN8O5/c1-39(2,3)55-38(52)50-25-11-12-26(50)20-48(19-25)35-29-18-44-33(28-9-4-7-24-8-5-10-30(41)31(24)28)32(42)34(29)45-36(46-35)53-22-40-13-6-15-49(40)21-27(17-40)54-37(51)47-16-14-43-23-47/h4-5,7-10,14,16,18,23,25-27H,6,11-13,15,17,19-22H2,1-3H3/t25-,26+,27-,40+/m0/s1. The van der Waals surface area contributed by atoms with Crippen molar-refractivity contribution in [3.8, 4) is 17.3 Å². The number of anilines is 1. The number of amides is 1. The van der Waals surface area contributed by atoms with Gasteiger partial charge in [0.25, 0.3) is 0 Å². The average molecular weight is 769 g/mol. The quantitative estimate of drug-likeness (QED) is 0.176. The molecule has 55 heavy (non-hydrogen) atoms. The number of rotatable bonds is 6. The number of carbonyl (C=O) groups excluding carboxylic acids is 2. The molecule has 5 aromatic rings. The largest absolute Gasteiger partial charge is 0.461 e. The number of hydrogen-bond acceptors (Lipinski definition) is 11. The summed E-state index contributed by atoms with van der Waals surface area (Å²) in [5.74, 6) is -0.115. The van der Waals surface area contributed by atoms with Crippen molar-refractivity contribution in [2.45, 2.75) is 82.2 Å². The highest BCUT2D eigenvalue weighted by atomic mass is 35.5. The molecule has 0 N–H and O–H groups in total. The molecule has 0 aliphatic carbocycles. The van der Waals surface area contributed by atoms with Crippen LogP contribution in [0.15, 0.2) is 61.3 Å². The Morgan fingerprint density at radius 2 is 1.82 bits per heavy atom. The van der Waals surface area contributed by atoms with Gasteiger partial charge in [-0.3, -0.25) is 14.8 Å². The third kappa shape index (κ3) is 6.48. The lowest BCUT2D eigenvalue weighted by Gasteiger charge is -2.42. The van der Waals surface area contributed by atoms with Crippen LogP contribution in [0.2, 0.25) is 5.02 Å². The van der Waals surface area contributed by atoms with Gasteiger partial charge in [-0.25, -0.2) is 23.5 Å². The van der Waals surface area contributed by atoms with Crippen LogP contribution in [0.3, 0.4) is 0 Å². The number of hydrogen-bond donors (Lipinski definition) is 0. The Balaban J connectivity index is 1.07. The Hall–Kier alpha value is -5.08. The summed E-state index contributed by atoms with van der Waals surface area (Å²) >= 11 is 6.67. The number of imidazole rings is 1. The minimum absolute atomic E-state index is 0.0384. The highest BCUT2D eigenvalue weighted by molar-refractivity contribution is 6.36. The molecule has 286 valence electrons. The number of fused-ring (bicyclic) bond motifs is 5. The van der Waals surface area contributed by atoms with Crippen molar-refractivity contribution in [3.63, 3.8) is 0 Å². The van der Waals surface area contributed by atoms with Crippen LogP contribution < -0.4 is 9.64 Å². The van der Waals surface area contributed by atoms with Gasteiger partial charge in [-0.15, -0.1) is 0 Å². The maximum absolute atomic E-state index is 17.1. The lowest BCUT2D eigenvalue weighted by Crippen LogP contribution is -2.57. The highest BCUT2D eigenvalue weighted by Crippen LogP contribution is 2.42. The second-order valence-corrected chi connectivity index (χ2v) is 16.5. The minimum Gasteiger partial charge on any atom is -0.461 e. The van der Waals surface area contributed by atoms with Gasteiger partial charge in [0, 0.05) is 60.6 Å². The number of nitrogens with zero attached hydrogens (tertiary/aromatic N) is 8. The van der Waals surface area contributed by atoms with E-state index in [2.05, 4.69) is 19.8 Å². The molecule has 0 unspecified atom stereocenters. The summed E-state index contributed by atoms with van der Waals surface area (Å²) in [5, 5.41) is 2.50. The molecular weight excluding hydrogens is 727 g/mol. The second kappa shape index (κ2) is 13.6. The molecule has 0 saturated carbocycles. The Labute approximate surface area is 322 Å². The first-order chi connectivity index (χ1) is 26.5. The molecule has 1 amide bonds. The molecular formula is C40H42ClFN8O5. The lowest BCUT2D eigenvalue weighted by atomic mass is 9.94. The van der Waals surface area contributed by atoms with Crippen LogP contribution in [0.1, 0.15) is 52.9 Å². The fraction of sp³-hybridized carbons (Fsp3) is 0.450. The number of benzene rings is 2. The number of pyridine rings is 1. The third-order valence-corrected chi connectivity index (χ3v) is 11.7. The van der Waals surface area contributed by atoms with Crippen molar-refractivity contribution in [1.29, 1.82) is 0 Å². The monoisotopic (exact) mass is 768 g/mol. The SMILES string of the molecule is CC(C)(C)OC(=O)N1[C@@H]2CC[C@H]1CN(c1nc(OC[C@]34CCCN3C[C@@H](OC(=O)n3ccnc3)C4)nc3c(F)c(-c4cccc5cccc(Cl)c45)ncc13)C2. The van der Waals surface area contributed by atoms with E-state index >= 15 is 4.39 Å². The lowest BCUT2D eigenvalue weighted by molar-refractivity contribution is 0.0122. The van der Waals surface area contributed by atoms with Crippen LogP contribution in [0.25, 0.3) is 32.9 Å². The normalized spacial score (nSPS) is 23.8. The predicted molar refractivity (Wildman–Crippen MR) is 204 cm³/mol. The van der Waals surface area contributed by atoms with Gasteiger partial charge in [0.05, 0.1) is 23.0 Å². The smallest absolute Gasteiger partial charge is 0.419 e. The molecule has 4 saturated heterocycles. The minimum atomic E-state index is -0.618. The van der Waals surface area contributed by atoms with Gasteiger partial charge in [0.1, 0.15) is 41.7 Å². The van der Waals surface area contributed by atoms with Gasteiger partial charge < -0.3 is 19.1 Å². The van der Waals surface area contributed by atoms with E-state index in [1.54, 1.807) is 18.5 Å². The van der Waals surface area contributed by atoms with E-state index in [9.17, 15) is 9.59 Å². The molecule has 4 atom stereocenters. The topological polar surface area (TPSA) is 128 Å². The number of carbonyl (C=O) groups is 2. The summed E-state index contributed by atoms with van der Waals surface area (Å²) in [4.78, 5) is 50.6. The summed E-state index contributed by atoms with van der Waals surface area (Å²) in [6.07, 6.45) is 9.02. The molecule has 2 aromatic carbocycles. The first kappa shape index (κ1) is 35.6. The molecule has 4 aliphatic heterocycles. The molecule has 2 bridgehead atoms. The fourth-order valence-electron chi connectivity index (χ4n) is 9.01. The van der Waals surface area contributed by atoms with Crippen LogP contribution in [-0.2, 0) is 9.47 Å². The van der Waals surface area contributed by atoms with Gasteiger partial charge in [-0.05, 0) is 64.5 Å². The molecule has 7 heterocycles. The fourth-order valence-corrected chi connectivity index (χ4v) is 9.30. The zero-order valence-corrected chi connectivity index (χ0v) is 31.7.